The van der Waals surface area contributed by atoms with Gasteiger partial charge in [0.05, 0.1) is 17.8 Å². The van der Waals surface area contributed by atoms with Crippen LogP contribution in [0.4, 0.5) is 14.7 Å². The third-order valence-electron chi connectivity index (χ3n) is 6.48. The highest BCUT2D eigenvalue weighted by Gasteiger charge is 2.44. The van der Waals surface area contributed by atoms with Crippen LogP contribution in [0.1, 0.15) is 47.0 Å². The molecule has 1 aliphatic heterocycles. The van der Waals surface area contributed by atoms with Crippen LogP contribution in [0.3, 0.4) is 0 Å². The number of benzene rings is 2. The van der Waals surface area contributed by atoms with Crippen molar-refractivity contribution < 1.29 is 32.4 Å². The van der Waals surface area contributed by atoms with Crippen molar-refractivity contribution in [2.75, 3.05) is 6.61 Å². The summed E-state index contributed by atoms with van der Waals surface area (Å²) in [7, 11) is 0. The molecule has 1 fully saturated rings. The van der Waals surface area contributed by atoms with Crippen LogP contribution in [-0.2, 0) is 9.53 Å². The smallest absolute Gasteiger partial charge is 0.433 e. The Labute approximate surface area is 215 Å². The van der Waals surface area contributed by atoms with Gasteiger partial charge in [-0.2, -0.15) is 5.10 Å². The van der Waals surface area contributed by atoms with Crippen molar-refractivity contribution in [2.24, 2.45) is 11.0 Å². The summed E-state index contributed by atoms with van der Waals surface area (Å²) in [4.78, 5) is 35.5. The zero-order chi connectivity index (χ0) is 26.8. The molecule has 2 aliphatic rings. The average molecular weight is 521 g/mol. The number of halogens is 2. The Morgan fingerprint density at radius 1 is 1.08 bits per heavy atom. The van der Waals surface area contributed by atoms with E-state index in [1.54, 1.807) is 24.3 Å². The van der Waals surface area contributed by atoms with Crippen LogP contribution in [0.5, 0.6) is 0 Å². The number of nitrogens with zero attached hydrogens (tertiary/aromatic N) is 3. The lowest BCUT2D eigenvalue weighted by atomic mass is 9.77. The molecule has 2 heterocycles. The van der Waals surface area contributed by atoms with Crippen molar-refractivity contribution in [3.63, 3.8) is 0 Å². The Bertz CT molecular complexity index is 1450. The van der Waals surface area contributed by atoms with Gasteiger partial charge in [-0.05, 0) is 72.4 Å². The van der Waals surface area contributed by atoms with E-state index in [9.17, 15) is 28.5 Å². The number of allylic oxidation sites excluding steroid dienone is 1. The van der Waals surface area contributed by atoms with E-state index >= 15 is 0 Å². The third kappa shape index (κ3) is 5.08. The molecule has 194 valence electrons. The lowest BCUT2D eigenvalue weighted by Gasteiger charge is -2.29. The Kier molecular flexibility index (Phi) is 6.82. The minimum Gasteiger partial charge on any atom is -0.450 e. The zero-order valence-corrected chi connectivity index (χ0v) is 19.9. The van der Waals surface area contributed by atoms with Crippen LogP contribution in [0, 0.1) is 27.7 Å². The molecule has 2 aromatic carbocycles. The van der Waals surface area contributed by atoms with E-state index in [1.165, 1.54) is 29.3 Å². The van der Waals surface area contributed by atoms with Gasteiger partial charge in [0.1, 0.15) is 16.6 Å². The SMILES string of the molecule is O=C(OCC(=O)N1N=C2/C(=C/c3ccc(F)cc3)CCCC2C1c1ccc(F)cc1)c1ccc([N+](=O)[O-])o1. The molecule has 5 rings (SSSR count). The van der Waals surface area contributed by atoms with Crippen molar-refractivity contribution in [2.45, 2.75) is 25.3 Å². The number of fused-ring (bicyclic) bond motifs is 1. The van der Waals surface area contributed by atoms with Gasteiger partial charge in [-0.3, -0.25) is 14.9 Å². The van der Waals surface area contributed by atoms with Gasteiger partial charge in [-0.15, -0.1) is 0 Å². The predicted octanol–water partition coefficient (Wildman–Crippen LogP) is 5.45. The second-order valence-electron chi connectivity index (χ2n) is 8.91. The first-order valence-electron chi connectivity index (χ1n) is 11.8. The topological polar surface area (TPSA) is 115 Å². The fourth-order valence-corrected chi connectivity index (χ4v) is 4.76. The van der Waals surface area contributed by atoms with Gasteiger partial charge in [-0.25, -0.2) is 18.6 Å². The highest BCUT2D eigenvalue weighted by atomic mass is 19.1. The number of carbonyl (C=O) groups is 2. The van der Waals surface area contributed by atoms with Crippen LogP contribution in [-0.4, -0.2) is 34.1 Å². The molecule has 0 saturated heterocycles. The monoisotopic (exact) mass is 521 g/mol. The molecule has 38 heavy (non-hydrogen) atoms. The molecule has 0 radical (unpaired) electrons. The summed E-state index contributed by atoms with van der Waals surface area (Å²) in [5.41, 5.74) is 3.04. The van der Waals surface area contributed by atoms with Crippen LogP contribution in [0.2, 0.25) is 0 Å². The number of nitro groups is 1. The molecule has 1 amide bonds. The lowest BCUT2D eigenvalue weighted by molar-refractivity contribution is -0.402. The van der Waals surface area contributed by atoms with Crippen LogP contribution < -0.4 is 0 Å². The second-order valence-corrected chi connectivity index (χ2v) is 8.91. The molecular weight excluding hydrogens is 500 g/mol. The van der Waals surface area contributed by atoms with E-state index in [0.29, 0.717) is 17.7 Å². The van der Waals surface area contributed by atoms with Gasteiger partial charge in [0.2, 0.25) is 5.76 Å². The van der Waals surface area contributed by atoms with Gasteiger partial charge in [0, 0.05) is 5.92 Å². The minimum atomic E-state index is -1.04. The number of hydrogen-bond acceptors (Lipinski definition) is 7. The maximum atomic E-state index is 13.7. The Balaban J connectivity index is 1.41. The molecule has 2 atom stereocenters. The predicted molar refractivity (Wildman–Crippen MR) is 131 cm³/mol. The number of rotatable bonds is 6. The molecular formula is C27H21F2N3O6. The van der Waals surface area contributed by atoms with Gasteiger partial charge < -0.3 is 9.15 Å². The molecule has 9 nitrogen and oxygen atoms in total. The summed E-state index contributed by atoms with van der Waals surface area (Å²) in [6.45, 7) is -0.689. The maximum absolute atomic E-state index is 13.7. The average Bonchev–Trinajstić information content (AvgIpc) is 3.56. The standard InChI is InChI=1S/C27H21F2N3O6/c28-19-8-4-16(5-9-19)14-18-2-1-3-21-25(18)30-31(26(21)17-6-10-20(29)11-7-17)23(33)15-37-27(34)22-12-13-24(38-22)32(35)36/h4-14,21,26H,1-3,15H2/b18-14+. The van der Waals surface area contributed by atoms with E-state index in [4.69, 9.17) is 9.15 Å². The van der Waals surface area contributed by atoms with Crippen molar-refractivity contribution in [1.82, 2.24) is 5.01 Å². The zero-order valence-electron chi connectivity index (χ0n) is 19.9. The Morgan fingerprint density at radius 3 is 2.42 bits per heavy atom. The first kappa shape index (κ1) is 25.0. The number of hydrazone groups is 1. The summed E-state index contributed by atoms with van der Waals surface area (Å²) >= 11 is 0. The number of furan rings is 1. The normalized spacial score (nSPS) is 19.7. The first-order chi connectivity index (χ1) is 18.3. The number of amides is 1. The van der Waals surface area contributed by atoms with E-state index in [-0.39, 0.29) is 11.7 Å². The second kappa shape index (κ2) is 10.4. The summed E-state index contributed by atoms with van der Waals surface area (Å²) in [6.07, 6.45) is 4.16. The molecule has 0 bridgehead atoms. The van der Waals surface area contributed by atoms with Crippen molar-refractivity contribution in [3.8, 4) is 0 Å². The maximum Gasteiger partial charge on any atom is 0.433 e. The highest BCUT2D eigenvalue weighted by molar-refractivity contribution is 6.08. The lowest BCUT2D eigenvalue weighted by Crippen LogP contribution is -2.34. The molecule has 1 aromatic heterocycles. The largest absolute Gasteiger partial charge is 0.450 e. The van der Waals surface area contributed by atoms with Gasteiger partial charge >= 0.3 is 11.9 Å². The fourth-order valence-electron chi connectivity index (χ4n) is 4.76. The van der Waals surface area contributed by atoms with Gasteiger partial charge in [0.25, 0.3) is 5.91 Å². The van der Waals surface area contributed by atoms with E-state index in [0.717, 1.165) is 36.1 Å². The molecule has 1 saturated carbocycles. The molecule has 3 aromatic rings. The number of ether oxygens (including phenoxy) is 1. The van der Waals surface area contributed by atoms with Crippen molar-refractivity contribution in [3.05, 3.63) is 105 Å². The van der Waals surface area contributed by atoms with E-state index < -0.39 is 46.9 Å². The van der Waals surface area contributed by atoms with Gasteiger partial charge in [0.15, 0.2) is 6.61 Å². The van der Waals surface area contributed by atoms with Crippen LogP contribution in [0.25, 0.3) is 6.08 Å². The van der Waals surface area contributed by atoms with Gasteiger partial charge in [-0.1, -0.05) is 24.3 Å². The van der Waals surface area contributed by atoms with E-state index in [1.807, 2.05) is 6.08 Å². The van der Waals surface area contributed by atoms with Crippen LogP contribution >= 0.6 is 0 Å². The Hall–Kier alpha value is -4.67. The summed E-state index contributed by atoms with van der Waals surface area (Å²) in [5.74, 6) is -3.66. The summed E-state index contributed by atoms with van der Waals surface area (Å²) < 4.78 is 36.9. The molecule has 2 unspecified atom stereocenters. The highest BCUT2D eigenvalue weighted by Crippen LogP contribution is 2.44. The Morgan fingerprint density at radius 2 is 1.76 bits per heavy atom. The van der Waals surface area contributed by atoms with Crippen LogP contribution in [0.15, 0.2) is 75.8 Å². The number of hydrogen-bond donors (Lipinski definition) is 0. The number of esters is 1. The molecule has 1 aliphatic carbocycles. The fraction of sp³-hybridized carbons (Fsp3) is 0.222. The number of carbonyl (C=O) groups excluding carboxylic acids is 2. The van der Waals surface area contributed by atoms with Crippen molar-refractivity contribution >= 4 is 29.5 Å². The first-order valence-corrected chi connectivity index (χ1v) is 11.8. The third-order valence-corrected chi connectivity index (χ3v) is 6.48. The summed E-state index contributed by atoms with van der Waals surface area (Å²) in [5, 5.41) is 16.7. The minimum absolute atomic E-state index is 0.187. The van der Waals surface area contributed by atoms with E-state index in [2.05, 4.69) is 5.10 Å². The molecule has 11 heteroatoms. The summed E-state index contributed by atoms with van der Waals surface area (Å²) in [6, 6.07) is 13.4. The van der Waals surface area contributed by atoms with Crippen molar-refractivity contribution in [1.29, 1.82) is 0 Å². The molecule has 0 N–H and O–H groups in total. The quantitative estimate of drug-likeness (QED) is 0.242. The molecule has 0 spiro atoms.